The number of nitrogens with zero attached hydrogens (tertiary/aromatic N) is 1. The van der Waals surface area contributed by atoms with Crippen LogP contribution in [-0.2, 0) is 11.3 Å². The molecule has 2 rings (SSSR count). The summed E-state index contributed by atoms with van der Waals surface area (Å²) in [6, 6.07) is 7.14. The number of halogens is 1. The Balaban J connectivity index is 1.97. The lowest BCUT2D eigenvalue weighted by molar-refractivity contribution is -0.130. The lowest BCUT2D eigenvalue weighted by atomic mass is 10.1. The van der Waals surface area contributed by atoms with Crippen molar-refractivity contribution in [2.24, 2.45) is 0 Å². The van der Waals surface area contributed by atoms with Gasteiger partial charge in [-0.25, -0.2) is 0 Å². The molecule has 0 saturated heterocycles. The molecule has 0 aliphatic heterocycles. The molecule has 26 heavy (non-hydrogen) atoms. The van der Waals surface area contributed by atoms with Crippen LogP contribution >= 0.6 is 22.9 Å². The van der Waals surface area contributed by atoms with Crippen molar-refractivity contribution >= 4 is 34.6 Å². The molecule has 0 unspecified atom stereocenters. The average Bonchev–Trinajstić information content (AvgIpc) is 3.06. The Morgan fingerprint density at radius 3 is 2.35 bits per heavy atom. The Labute approximate surface area is 162 Å². The van der Waals surface area contributed by atoms with Crippen LogP contribution in [0.3, 0.4) is 0 Å². The summed E-state index contributed by atoms with van der Waals surface area (Å²) in [5.74, 6) is 1.13. The van der Waals surface area contributed by atoms with Crippen LogP contribution in [0.25, 0.3) is 0 Å². The molecular formula is C19H22ClNO4S. The number of carbonyl (C=O) groups excluding carboxylic acids is 2. The van der Waals surface area contributed by atoms with Crippen molar-refractivity contribution in [3.63, 3.8) is 0 Å². The first kappa shape index (κ1) is 20.3. The molecule has 0 spiro atoms. The third-order valence-electron chi connectivity index (χ3n) is 4.09. The van der Waals surface area contributed by atoms with Crippen molar-refractivity contribution in [2.45, 2.75) is 26.3 Å². The van der Waals surface area contributed by atoms with E-state index in [1.165, 1.54) is 11.3 Å². The summed E-state index contributed by atoms with van der Waals surface area (Å²) in [6.45, 7) is 2.39. The molecule has 140 valence electrons. The molecule has 0 aliphatic carbocycles. The number of aryl methyl sites for hydroxylation is 1. The summed E-state index contributed by atoms with van der Waals surface area (Å²) in [5, 5.41) is 0. The molecule has 2 aromatic rings. The van der Waals surface area contributed by atoms with Crippen LogP contribution in [0.4, 0.5) is 0 Å². The number of amides is 1. The maximum atomic E-state index is 12.4. The monoisotopic (exact) mass is 395 g/mol. The van der Waals surface area contributed by atoms with E-state index >= 15 is 0 Å². The van der Waals surface area contributed by atoms with Crippen LogP contribution in [0.2, 0.25) is 4.34 Å². The third-order valence-corrected chi connectivity index (χ3v) is 5.36. The molecule has 1 aromatic carbocycles. The molecule has 0 atom stereocenters. The van der Waals surface area contributed by atoms with Gasteiger partial charge in [0.05, 0.1) is 23.4 Å². The third kappa shape index (κ3) is 4.99. The highest BCUT2D eigenvalue weighted by atomic mass is 35.5. The van der Waals surface area contributed by atoms with Gasteiger partial charge in [0.25, 0.3) is 0 Å². The van der Waals surface area contributed by atoms with Crippen LogP contribution in [0, 0.1) is 6.92 Å². The van der Waals surface area contributed by atoms with E-state index in [4.69, 9.17) is 21.1 Å². The van der Waals surface area contributed by atoms with Gasteiger partial charge in [-0.15, -0.1) is 11.3 Å². The number of ether oxygens (including phenoxy) is 2. The molecule has 0 radical (unpaired) electrons. The summed E-state index contributed by atoms with van der Waals surface area (Å²) in [6.07, 6.45) is 0.335. The Morgan fingerprint density at radius 1 is 1.12 bits per heavy atom. The van der Waals surface area contributed by atoms with Crippen molar-refractivity contribution < 1.29 is 19.1 Å². The van der Waals surface area contributed by atoms with E-state index in [1.54, 1.807) is 38.3 Å². The van der Waals surface area contributed by atoms with Crippen molar-refractivity contribution in [3.8, 4) is 11.5 Å². The van der Waals surface area contributed by atoms with Crippen LogP contribution in [0.15, 0.2) is 24.3 Å². The van der Waals surface area contributed by atoms with Gasteiger partial charge in [-0.2, -0.15) is 0 Å². The van der Waals surface area contributed by atoms with Crippen molar-refractivity contribution in [2.75, 3.05) is 21.3 Å². The Kier molecular flexibility index (Phi) is 7.06. The number of Topliss-reactive ketones (excluding diaryl/α,β-unsaturated/α-hetero) is 1. The molecule has 1 aromatic heterocycles. The topological polar surface area (TPSA) is 55.8 Å². The summed E-state index contributed by atoms with van der Waals surface area (Å²) in [7, 11) is 4.89. The number of rotatable bonds is 8. The number of thiophene rings is 1. The summed E-state index contributed by atoms with van der Waals surface area (Å²) < 4.78 is 11.2. The lowest BCUT2D eigenvalue weighted by Crippen LogP contribution is -2.26. The second-order valence-corrected chi connectivity index (χ2v) is 7.63. The predicted octanol–water partition coefficient (Wildman–Crippen LogP) is 4.35. The van der Waals surface area contributed by atoms with Gasteiger partial charge in [0.1, 0.15) is 0 Å². The smallest absolute Gasteiger partial charge is 0.223 e. The zero-order valence-corrected chi connectivity index (χ0v) is 16.9. The molecule has 0 bridgehead atoms. The van der Waals surface area contributed by atoms with Crippen LogP contribution in [-0.4, -0.2) is 37.9 Å². The Morgan fingerprint density at radius 2 is 1.77 bits per heavy atom. The first-order valence-electron chi connectivity index (χ1n) is 8.09. The first-order valence-corrected chi connectivity index (χ1v) is 9.29. The maximum Gasteiger partial charge on any atom is 0.223 e. The molecule has 5 nitrogen and oxygen atoms in total. The SMILES string of the molecule is COc1cc(C)c(CN(C)C(=O)CCC(=O)c2ccc(Cl)s2)cc1OC. The Hall–Kier alpha value is -2.05. The number of ketones is 1. The van der Waals surface area contributed by atoms with E-state index in [2.05, 4.69) is 0 Å². The normalized spacial score (nSPS) is 10.5. The van der Waals surface area contributed by atoms with E-state index in [1.807, 2.05) is 19.1 Å². The van der Waals surface area contributed by atoms with Crippen LogP contribution < -0.4 is 9.47 Å². The maximum absolute atomic E-state index is 12.4. The van der Waals surface area contributed by atoms with Gasteiger partial charge in [-0.05, 0) is 42.3 Å². The van der Waals surface area contributed by atoms with Gasteiger partial charge in [-0.3, -0.25) is 9.59 Å². The van der Waals surface area contributed by atoms with Crippen molar-refractivity contribution in [3.05, 3.63) is 44.6 Å². The molecule has 1 heterocycles. The average molecular weight is 396 g/mol. The molecule has 0 saturated carbocycles. The molecular weight excluding hydrogens is 374 g/mol. The zero-order valence-electron chi connectivity index (χ0n) is 15.3. The molecule has 0 N–H and O–H groups in total. The van der Waals surface area contributed by atoms with Gasteiger partial charge in [0.15, 0.2) is 17.3 Å². The summed E-state index contributed by atoms with van der Waals surface area (Å²) >= 11 is 7.07. The highest BCUT2D eigenvalue weighted by Crippen LogP contribution is 2.30. The van der Waals surface area contributed by atoms with Crippen molar-refractivity contribution in [1.29, 1.82) is 0 Å². The minimum Gasteiger partial charge on any atom is -0.493 e. The summed E-state index contributed by atoms with van der Waals surface area (Å²) in [4.78, 5) is 26.7. The van der Waals surface area contributed by atoms with E-state index in [-0.39, 0.29) is 24.5 Å². The van der Waals surface area contributed by atoms with Gasteiger partial charge in [-0.1, -0.05) is 11.6 Å². The predicted molar refractivity (Wildman–Crippen MR) is 104 cm³/mol. The number of hydrogen-bond donors (Lipinski definition) is 0. The quantitative estimate of drug-likeness (QED) is 0.623. The highest BCUT2D eigenvalue weighted by molar-refractivity contribution is 7.18. The zero-order chi connectivity index (χ0) is 19.3. The van der Waals surface area contributed by atoms with E-state index in [0.717, 1.165) is 11.1 Å². The standard InChI is InChI=1S/C19H22ClNO4S/c1-12-9-15(24-3)16(25-4)10-13(12)11-21(2)19(23)8-5-14(22)17-6-7-18(20)26-17/h6-7,9-10H,5,8,11H2,1-4H3. The Bertz CT molecular complexity index is 803. The van der Waals surface area contributed by atoms with Crippen LogP contribution in [0.1, 0.15) is 33.6 Å². The lowest BCUT2D eigenvalue weighted by Gasteiger charge is -2.20. The molecule has 0 aliphatic rings. The van der Waals surface area contributed by atoms with E-state index in [9.17, 15) is 9.59 Å². The van der Waals surface area contributed by atoms with E-state index < -0.39 is 0 Å². The van der Waals surface area contributed by atoms with Gasteiger partial charge < -0.3 is 14.4 Å². The van der Waals surface area contributed by atoms with Crippen LogP contribution in [0.5, 0.6) is 11.5 Å². The second-order valence-electron chi connectivity index (χ2n) is 5.91. The number of methoxy groups -OCH3 is 2. The van der Waals surface area contributed by atoms with Gasteiger partial charge in [0, 0.05) is 26.4 Å². The molecule has 0 fully saturated rings. The highest BCUT2D eigenvalue weighted by Gasteiger charge is 2.16. The minimum absolute atomic E-state index is 0.0639. The summed E-state index contributed by atoms with van der Waals surface area (Å²) in [5.41, 5.74) is 1.97. The van der Waals surface area contributed by atoms with Gasteiger partial charge >= 0.3 is 0 Å². The number of benzene rings is 1. The fraction of sp³-hybridized carbons (Fsp3) is 0.368. The van der Waals surface area contributed by atoms with Gasteiger partial charge in [0.2, 0.25) is 5.91 Å². The van der Waals surface area contributed by atoms with Crippen molar-refractivity contribution in [1.82, 2.24) is 4.90 Å². The molecule has 7 heteroatoms. The first-order chi connectivity index (χ1) is 12.3. The fourth-order valence-electron chi connectivity index (χ4n) is 2.54. The second kappa shape index (κ2) is 9.05. The number of hydrogen-bond acceptors (Lipinski definition) is 5. The largest absolute Gasteiger partial charge is 0.493 e. The number of carbonyl (C=O) groups is 2. The fourth-order valence-corrected chi connectivity index (χ4v) is 3.55. The minimum atomic E-state index is -0.0878. The molecule has 1 amide bonds. The van der Waals surface area contributed by atoms with E-state index in [0.29, 0.717) is 27.3 Å².